The van der Waals surface area contributed by atoms with E-state index in [-0.39, 0.29) is 6.10 Å². The number of anilines is 1. The molecule has 0 amide bonds. The standard InChI is InChI=1S/C15H25N3O/c1-4-5-13-17-12(16)10-14(18-13)19-11-6-8-15(2,3)9-7-11/h10-11H,4-9H2,1-3H3,(H2,16,17,18). The number of ether oxygens (including phenoxy) is 1. The van der Waals surface area contributed by atoms with Crippen LogP contribution in [0.15, 0.2) is 6.07 Å². The van der Waals surface area contributed by atoms with Gasteiger partial charge in [-0.2, -0.15) is 4.98 Å². The van der Waals surface area contributed by atoms with E-state index in [9.17, 15) is 0 Å². The zero-order chi connectivity index (χ0) is 13.9. The van der Waals surface area contributed by atoms with Gasteiger partial charge in [0.1, 0.15) is 17.7 Å². The Morgan fingerprint density at radius 1 is 1.32 bits per heavy atom. The maximum absolute atomic E-state index is 5.99. The second kappa shape index (κ2) is 5.76. The first-order valence-electron chi connectivity index (χ1n) is 7.28. The van der Waals surface area contributed by atoms with E-state index in [0.29, 0.717) is 17.1 Å². The molecule has 1 aromatic rings. The van der Waals surface area contributed by atoms with Crippen molar-refractivity contribution in [1.29, 1.82) is 0 Å². The molecule has 0 atom stereocenters. The van der Waals surface area contributed by atoms with Crippen LogP contribution in [0.2, 0.25) is 0 Å². The summed E-state index contributed by atoms with van der Waals surface area (Å²) in [5.41, 5.74) is 6.26. The molecule has 0 bridgehead atoms. The molecule has 1 aliphatic carbocycles. The summed E-state index contributed by atoms with van der Waals surface area (Å²) in [6.07, 6.45) is 6.75. The van der Waals surface area contributed by atoms with E-state index in [1.54, 1.807) is 6.07 Å². The second-order valence-electron chi connectivity index (χ2n) is 6.28. The van der Waals surface area contributed by atoms with Crippen molar-refractivity contribution in [2.45, 2.75) is 65.4 Å². The molecular formula is C15H25N3O. The Kier molecular flexibility index (Phi) is 4.27. The fourth-order valence-corrected chi connectivity index (χ4v) is 2.55. The second-order valence-corrected chi connectivity index (χ2v) is 6.28. The predicted molar refractivity (Wildman–Crippen MR) is 77.1 cm³/mol. The Labute approximate surface area is 115 Å². The number of aromatic nitrogens is 2. The van der Waals surface area contributed by atoms with Crippen LogP contribution in [0.5, 0.6) is 5.88 Å². The number of hydrogen-bond donors (Lipinski definition) is 1. The monoisotopic (exact) mass is 263 g/mol. The van der Waals surface area contributed by atoms with Crippen LogP contribution in [0.25, 0.3) is 0 Å². The Hall–Kier alpha value is -1.32. The molecule has 1 aliphatic rings. The van der Waals surface area contributed by atoms with Gasteiger partial charge in [-0.25, -0.2) is 4.98 Å². The largest absolute Gasteiger partial charge is 0.474 e. The summed E-state index contributed by atoms with van der Waals surface area (Å²) in [6.45, 7) is 6.76. The summed E-state index contributed by atoms with van der Waals surface area (Å²) in [4.78, 5) is 8.67. The normalized spacial score (nSPS) is 19.3. The molecule has 4 nitrogen and oxygen atoms in total. The van der Waals surface area contributed by atoms with Gasteiger partial charge in [-0.3, -0.25) is 0 Å². The molecule has 0 radical (unpaired) electrons. The molecule has 0 aliphatic heterocycles. The van der Waals surface area contributed by atoms with Gasteiger partial charge < -0.3 is 10.5 Å². The van der Waals surface area contributed by atoms with Crippen LogP contribution in [-0.2, 0) is 6.42 Å². The minimum atomic E-state index is 0.275. The highest BCUT2D eigenvalue weighted by atomic mass is 16.5. The average Bonchev–Trinajstić information content (AvgIpc) is 2.32. The first-order valence-corrected chi connectivity index (χ1v) is 7.28. The third-order valence-electron chi connectivity index (χ3n) is 3.82. The molecule has 1 saturated carbocycles. The number of nitrogen functional groups attached to an aromatic ring is 1. The van der Waals surface area contributed by atoms with Gasteiger partial charge in [-0.1, -0.05) is 20.8 Å². The molecule has 1 aromatic heterocycles. The van der Waals surface area contributed by atoms with Gasteiger partial charge in [0.2, 0.25) is 5.88 Å². The van der Waals surface area contributed by atoms with Gasteiger partial charge in [0.25, 0.3) is 0 Å². The van der Waals surface area contributed by atoms with Crippen LogP contribution < -0.4 is 10.5 Å². The van der Waals surface area contributed by atoms with Crippen LogP contribution in [0.1, 0.15) is 58.7 Å². The maximum Gasteiger partial charge on any atom is 0.218 e. The Morgan fingerprint density at radius 3 is 2.63 bits per heavy atom. The minimum absolute atomic E-state index is 0.275. The highest BCUT2D eigenvalue weighted by Crippen LogP contribution is 2.36. The predicted octanol–water partition coefficient (Wildman–Crippen LogP) is 3.36. The SMILES string of the molecule is CCCc1nc(N)cc(OC2CCC(C)(C)CC2)n1. The first-order chi connectivity index (χ1) is 8.98. The topological polar surface area (TPSA) is 61.0 Å². The molecule has 0 unspecified atom stereocenters. The van der Waals surface area contributed by atoms with E-state index in [1.165, 1.54) is 12.8 Å². The molecule has 2 rings (SSSR count). The molecule has 2 N–H and O–H groups in total. The quantitative estimate of drug-likeness (QED) is 0.904. The molecule has 4 heteroatoms. The average molecular weight is 263 g/mol. The van der Waals surface area contributed by atoms with E-state index >= 15 is 0 Å². The number of hydrogen-bond acceptors (Lipinski definition) is 4. The van der Waals surface area contributed by atoms with Crippen LogP contribution in [0.4, 0.5) is 5.82 Å². The smallest absolute Gasteiger partial charge is 0.218 e. The van der Waals surface area contributed by atoms with E-state index in [2.05, 4.69) is 30.7 Å². The fraction of sp³-hybridized carbons (Fsp3) is 0.733. The Balaban J connectivity index is 1.99. The lowest BCUT2D eigenvalue weighted by molar-refractivity contribution is 0.0946. The number of nitrogens with zero attached hydrogens (tertiary/aromatic N) is 2. The molecule has 0 spiro atoms. The molecule has 0 aromatic carbocycles. The van der Waals surface area contributed by atoms with Crippen LogP contribution in [-0.4, -0.2) is 16.1 Å². The van der Waals surface area contributed by atoms with Crippen LogP contribution >= 0.6 is 0 Å². The lowest BCUT2D eigenvalue weighted by Gasteiger charge is -2.34. The Bertz CT molecular complexity index is 421. The van der Waals surface area contributed by atoms with Crippen molar-refractivity contribution in [3.05, 3.63) is 11.9 Å². The third-order valence-corrected chi connectivity index (χ3v) is 3.82. The lowest BCUT2D eigenvalue weighted by atomic mass is 9.76. The van der Waals surface area contributed by atoms with E-state index in [0.717, 1.165) is 31.5 Å². The van der Waals surface area contributed by atoms with E-state index in [1.807, 2.05) is 0 Å². The summed E-state index contributed by atoms with van der Waals surface area (Å²) in [5.74, 6) is 1.93. The first kappa shape index (κ1) is 14.1. The Morgan fingerprint density at radius 2 is 2.00 bits per heavy atom. The zero-order valence-electron chi connectivity index (χ0n) is 12.3. The van der Waals surface area contributed by atoms with Crippen molar-refractivity contribution in [3.8, 4) is 5.88 Å². The molecule has 0 saturated heterocycles. The van der Waals surface area contributed by atoms with Crippen molar-refractivity contribution >= 4 is 5.82 Å². The van der Waals surface area contributed by atoms with Crippen LogP contribution in [0, 0.1) is 5.41 Å². The van der Waals surface area contributed by atoms with Gasteiger partial charge in [0.15, 0.2) is 0 Å². The minimum Gasteiger partial charge on any atom is -0.474 e. The maximum atomic E-state index is 5.99. The number of rotatable bonds is 4. The van der Waals surface area contributed by atoms with Crippen LogP contribution in [0.3, 0.4) is 0 Å². The molecule has 1 heterocycles. The highest BCUT2D eigenvalue weighted by molar-refractivity contribution is 5.33. The van der Waals surface area contributed by atoms with Crippen molar-refractivity contribution < 1.29 is 4.74 Å². The van der Waals surface area contributed by atoms with Crippen molar-refractivity contribution in [1.82, 2.24) is 9.97 Å². The van der Waals surface area contributed by atoms with Crippen molar-refractivity contribution in [2.75, 3.05) is 5.73 Å². The van der Waals surface area contributed by atoms with E-state index in [4.69, 9.17) is 10.5 Å². The summed E-state index contributed by atoms with van der Waals surface area (Å²) < 4.78 is 5.99. The number of nitrogens with two attached hydrogens (primary N) is 1. The molecular weight excluding hydrogens is 238 g/mol. The zero-order valence-corrected chi connectivity index (χ0v) is 12.3. The highest BCUT2D eigenvalue weighted by Gasteiger charge is 2.28. The fourth-order valence-electron chi connectivity index (χ4n) is 2.55. The van der Waals surface area contributed by atoms with Crippen molar-refractivity contribution in [3.63, 3.8) is 0 Å². The summed E-state index contributed by atoms with van der Waals surface area (Å²) in [6, 6.07) is 1.74. The summed E-state index contributed by atoms with van der Waals surface area (Å²) in [7, 11) is 0. The lowest BCUT2D eigenvalue weighted by Crippen LogP contribution is -2.28. The van der Waals surface area contributed by atoms with Gasteiger partial charge in [0, 0.05) is 12.5 Å². The summed E-state index contributed by atoms with van der Waals surface area (Å²) in [5, 5.41) is 0. The summed E-state index contributed by atoms with van der Waals surface area (Å²) >= 11 is 0. The van der Waals surface area contributed by atoms with Gasteiger partial charge >= 0.3 is 0 Å². The molecule has 106 valence electrons. The van der Waals surface area contributed by atoms with Crippen molar-refractivity contribution in [2.24, 2.45) is 5.41 Å². The third kappa shape index (κ3) is 4.08. The molecule has 19 heavy (non-hydrogen) atoms. The van der Waals surface area contributed by atoms with Gasteiger partial charge in [-0.15, -0.1) is 0 Å². The van der Waals surface area contributed by atoms with Gasteiger partial charge in [0.05, 0.1) is 0 Å². The van der Waals surface area contributed by atoms with E-state index < -0.39 is 0 Å². The van der Waals surface area contributed by atoms with Gasteiger partial charge in [-0.05, 0) is 37.5 Å². The molecule has 1 fully saturated rings. The number of aryl methyl sites for hydroxylation is 1.